The number of nitrogens with one attached hydrogen (secondary N) is 1. The van der Waals surface area contributed by atoms with Crippen molar-refractivity contribution < 1.29 is 14.3 Å². The number of rotatable bonds is 6. The Morgan fingerprint density at radius 1 is 1.19 bits per heavy atom. The fraction of sp³-hybridized carbons (Fsp3) is 0.667. The monoisotopic (exact) mass is 360 g/mol. The van der Waals surface area contributed by atoms with Gasteiger partial charge in [0.1, 0.15) is 11.9 Å². The highest BCUT2D eigenvalue weighted by molar-refractivity contribution is 5.84. The summed E-state index contributed by atoms with van der Waals surface area (Å²) in [4.78, 5) is 14.9. The smallest absolute Gasteiger partial charge is 0.411 e. The van der Waals surface area contributed by atoms with Gasteiger partial charge in [-0.2, -0.15) is 0 Å². The van der Waals surface area contributed by atoms with Crippen molar-refractivity contribution in [2.45, 2.75) is 70.4 Å². The van der Waals surface area contributed by atoms with Crippen LogP contribution in [0.3, 0.4) is 0 Å². The van der Waals surface area contributed by atoms with Crippen molar-refractivity contribution in [1.29, 1.82) is 0 Å². The van der Waals surface area contributed by atoms with Gasteiger partial charge in [0.05, 0.1) is 6.61 Å². The molecule has 144 valence electrons. The van der Waals surface area contributed by atoms with E-state index in [-0.39, 0.29) is 12.2 Å². The number of hydrogen-bond donors (Lipinski definition) is 1. The SMILES string of the molecule is CCCOc1cccc(NC(=O)OC2CCCC(N3CCCCC3)C2)c1. The van der Waals surface area contributed by atoms with Crippen LogP contribution in [0.15, 0.2) is 24.3 Å². The van der Waals surface area contributed by atoms with Crippen LogP contribution in [-0.2, 0) is 4.74 Å². The zero-order chi connectivity index (χ0) is 18.2. The van der Waals surface area contributed by atoms with Crippen LogP contribution in [0.4, 0.5) is 10.5 Å². The lowest BCUT2D eigenvalue weighted by Gasteiger charge is -2.39. The van der Waals surface area contributed by atoms with Crippen molar-refractivity contribution in [3.63, 3.8) is 0 Å². The lowest BCUT2D eigenvalue weighted by atomic mass is 9.90. The number of carbonyl (C=O) groups is 1. The summed E-state index contributed by atoms with van der Waals surface area (Å²) >= 11 is 0. The molecule has 0 aromatic heterocycles. The minimum Gasteiger partial charge on any atom is -0.494 e. The van der Waals surface area contributed by atoms with Gasteiger partial charge in [0, 0.05) is 24.2 Å². The molecule has 1 aromatic carbocycles. The molecule has 3 rings (SSSR count). The molecule has 0 bridgehead atoms. The number of benzene rings is 1. The first-order valence-electron chi connectivity index (χ1n) is 10.2. The van der Waals surface area contributed by atoms with Gasteiger partial charge in [-0.05, 0) is 63.7 Å². The normalized spacial score (nSPS) is 24.0. The summed E-state index contributed by atoms with van der Waals surface area (Å²) in [5.41, 5.74) is 0.715. The Balaban J connectivity index is 1.48. The van der Waals surface area contributed by atoms with Gasteiger partial charge in [0.15, 0.2) is 0 Å². The van der Waals surface area contributed by atoms with E-state index < -0.39 is 0 Å². The van der Waals surface area contributed by atoms with Gasteiger partial charge < -0.3 is 14.4 Å². The third kappa shape index (κ3) is 5.63. The van der Waals surface area contributed by atoms with Gasteiger partial charge >= 0.3 is 6.09 Å². The lowest BCUT2D eigenvalue weighted by molar-refractivity contribution is 0.0391. The minimum atomic E-state index is -0.359. The van der Waals surface area contributed by atoms with Crippen LogP contribution in [0.5, 0.6) is 5.75 Å². The molecule has 1 aromatic rings. The third-order valence-corrected chi connectivity index (χ3v) is 5.33. The van der Waals surface area contributed by atoms with E-state index >= 15 is 0 Å². The van der Waals surface area contributed by atoms with Crippen LogP contribution >= 0.6 is 0 Å². The molecule has 2 fully saturated rings. The molecule has 1 amide bonds. The van der Waals surface area contributed by atoms with Gasteiger partial charge in [-0.25, -0.2) is 4.79 Å². The van der Waals surface area contributed by atoms with Crippen LogP contribution in [0.1, 0.15) is 58.3 Å². The highest BCUT2D eigenvalue weighted by Gasteiger charge is 2.29. The van der Waals surface area contributed by atoms with Gasteiger partial charge in [-0.3, -0.25) is 5.32 Å². The first-order valence-corrected chi connectivity index (χ1v) is 10.2. The van der Waals surface area contributed by atoms with Crippen molar-refractivity contribution in [1.82, 2.24) is 4.90 Å². The first-order chi connectivity index (χ1) is 12.7. The molecule has 1 heterocycles. The Bertz CT molecular complexity index is 572. The Kier molecular flexibility index (Phi) is 7.18. The topological polar surface area (TPSA) is 50.8 Å². The maximum absolute atomic E-state index is 12.3. The van der Waals surface area contributed by atoms with Gasteiger partial charge in [-0.1, -0.05) is 19.4 Å². The maximum atomic E-state index is 12.3. The van der Waals surface area contributed by atoms with E-state index in [0.717, 1.165) is 31.4 Å². The highest BCUT2D eigenvalue weighted by atomic mass is 16.6. The second-order valence-electron chi connectivity index (χ2n) is 7.45. The molecule has 1 aliphatic carbocycles. The summed E-state index contributed by atoms with van der Waals surface area (Å²) < 4.78 is 11.3. The molecule has 1 saturated carbocycles. The van der Waals surface area contributed by atoms with Crippen molar-refractivity contribution in [3.05, 3.63) is 24.3 Å². The lowest BCUT2D eigenvalue weighted by Crippen LogP contribution is -2.44. The van der Waals surface area contributed by atoms with E-state index in [1.807, 2.05) is 24.3 Å². The number of anilines is 1. The van der Waals surface area contributed by atoms with E-state index in [1.165, 1.54) is 38.8 Å². The van der Waals surface area contributed by atoms with Gasteiger partial charge in [0.2, 0.25) is 0 Å². The summed E-state index contributed by atoms with van der Waals surface area (Å²) in [6.07, 6.45) is 8.89. The Hall–Kier alpha value is -1.75. The summed E-state index contributed by atoms with van der Waals surface area (Å²) in [5.74, 6) is 0.771. The van der Waals surface area contributed by atoms with E-state index in [2.05, 4.69) is 17.1 Å². The molecule has 1 saturated heterocycles. The van der Waals surface area contributed by atoms with Crippen molar-refractivity contribution >= 4 is 11.8 Å². The summed E-state index contributed by atoms with van der Waals surface area (Å²) in [6, 6.07) is 8.06. The molecular formula is C21H32N2O3. The number of hydrogen-bond acceptors (Lipinski definition) is 4. The first kappa shape index (κ1) is 19.0. The second kappa shape index (κ2) is 9.81. The molecule has 0 spiro atoms. The van der Waals surface area contributed by atoms with E-state index in [0.29, 0.717) is 18.3 Å². The van der Waals surface area contributed by atoms with Crippen molar-refractivity contribution in [2.75, 3.05) is 25.0 Å². The van der Waals surface area contributed by atoms with Crippen LogP contribution in [-0.4, -0.2) is 42.8 Å². The molecule has 0 radical (unpaired) electrons. The standard InChI is InChI=1S/C21H32N2O3/c1-2-14-25-19-10-6-8-17(15-19)22-21(24)26-20-11-7-9-18(16-20)23-12-4-3-5-13-23/h6,8,10,15,18,20H,2-5,7,9,11-14,16H2,1H3,(H,22,24). The molecule has 5 nitrogen and oxygen atoms in total. The molecule has 2 unspecified atom stereocenters. The number of nitrogens with zero attached hydrogens (tertiary/aromatic N) is 1. The number of piperidine rings is 1. The van der Waals surface area contributed by atoms with E-state index in [1.54, 1.807) is 0 Å². The Morgan fingerprint density at radius 2 is 2.04 bits per heavy atom. The van der Waals surface area contributed by atoms with Crippen molar-refractivity contribution in [3.8, 4) is 5.75 Å². The van der Waals surface area contributed by atoms with Crippen LogP contribution in [0.2, 0.25) is 0 Å². The Labute approximate surface area is 157 Å². The number of carbonyl (C=O) groups excluding carboxylic acids is 1. The average Bonchev–Trinajstić information content (AvgIpc) is 2.67. The van der Waals surface area contributed by atoms with E-state index in [4.69, 9.17) is 9.47 Å². The predicted octanol–water partition coefficient (Wildman–Crippen LogP) is 4.82. The Morgan fingerprint density at radius 3 is 2.85 bits per heavy atom. The van der Waals surface area contributed by atoms with Gasteiger partial charge in [-0.15, -0.1) is 0 Å². The van der Waals surface area contributed by atoms with Crippen LogP contribution in [0, 0.1) is 0 Å². The average molecular weight is 360 g/mol. The van der Waals surface area contributed by atoms with Crippen LogP contribution < -0.4 is 10.1 Å². The molecule has 1 aliphatic heterocycles. The third-order valence-electron chi connectivity index (χ3n) is 5.33. The fourth-order valence-electron chi connectivity index (χ4n) is 4.02. The highest BCUT2D eigenvalue weighted by Crippen LogP contribution is 2.28. The summed E-state index contributed by atoms with van der Waals surface area (Å²) in [6.45, 7) is 5.15. The predicted molar refractivity (Wildman–Crippen MR) is 104 cm³/mol. The summed E-state index contributed by atoms with van der Waals surface area (Å²) in [5, 5.41) is 2.85. The van der Waals surface area contributed by atoms with E-state index in [9.17, 15) is 4.79 Å². The molecule has 2 aliphatic rings. The zero-order valence-corrected chi connectivity index (χ0v) is 15.9. The van der Waals surface area contributed by atoms with Gasteiger partial charge in [0.25, 0.3) is 0 Å². The molecule has 26 heavy (non-hydrogen) atoms. The van der Waals surface area contributed by atoms with Crippen LogP contribution in [0.25, 0.3) is 0 Å². The molecular weight excluding hydrogens is 328 g/mol. The zero-order valence-electron chi connectivity index (χ0n) is 15.9. The molecule has 1 N–H and O–H groups in total. The maximum Gasteiger partial charge on any atom is 0.411 e. The fourth-order valence-corrected chi connectivity index (χ4v) is 4.02. The number of ether oxygens (including phenoxy) is 2. The quantitative estimate of drug-likeness (QED) is 0.790. The molecule has 5 heteroatoms. The second-order valence-corrected chi connectivity index (χ2v) is 7.45. The number of likely N-dealkylation sites (tertiary alicyclic amines) is 1. The largest absolute Gasteiger partial charge is 0.494 e. The van der Waals surface area contributed by atoms with Crippen molar-refractivity contribution in [2.24, 2.45) is 0 Å². The minimum absolute atomic E-state index is 0.0233. The molecule has 2 atom stereocenters. The summed E-state index contributed by atoms with van der Waals surface area (Å²) in [7, 11) is 0. The number of amides is 1.